The van der Waals surface area contributed by atoms with Gasteiger partial charge < -0.3 is 0 Å². The normalized spacial score (nSPS) is 11.4. The van der Waals surface area contributed by atoms with Gasteiger partial charge in [0.2, 0.25) is 0 Å². The number of halogens is 1. The van der Waals surface area contributed by atoms with E-state index in [1.165, 1.54) is 41.3 Å². The van der Waals surface area contributed by atoms with Crippen LogP contribution in [0.3, 0.4) is 0 Å². The molecule has 0 bridgehead atoms. The molecular weight excluding hydrogens is 572 g/mol. The van der Waals surface area contributed by atoms with Gasteiger partial charge in [-0.1, -0.05) is 35.9 Å². The van der Waals surface area contributed by atoms with Crippen LogP contribution in [0.4, 0.5) is 10.8 Å². The van der Waals surface area contributed by atoms with Crippen molar-refractivity contribution in [3.63, 3.8) is 0 Å². The number of pyridine rings is 1. The Balaban J connectivity index is 1.45. The molecule has 3 aromatic heterocycles. The van der Waals surface area contributed by atoms with Crippen LogP contribution in [-0.2, 0) is 17.1 Å². The van der Waals surface area contributed by atoms with Crippen molar-refractivity contribution in [3.05, 3.63) is 105 Å². The molecule has 0 saturated carbocycles. The molecule has 0 fully saturated rings. The first kappa shape index (κ1) is 27.3. The highest BCUT2D eigenvalue weighted by molar-refractivity contribution is 7.92. The van der Waals surface area contributed by atoms with Crippen molar-refractivity contribution in [1.82, 2.24) is 19.3 Å². The third-order valence-corrected chi connectivity index (χ3v) is 9.17. The van der Waals surface area contributed by atoms with E-state index in [1.807, 2.05) is 12.1 Å². The number of carbonyl (C=O) groups excluding carboxylic acids is 1. The summed E-state index contributed by atoms with van der Waals surface area (Å²) in [5.41, 5.74) is 1.69. The maximum atomic E-state index is 13.7. The minimum absolute atomic E-state index is 0.0165. The Morgan fingerprint density at radius 1 is 1.05 bits per heavy atom. The number of para-hydroxylation sites is 1. The summed E-state index contributed by atoms with van der Waals surface area (Å²) in [5, 5.41) is 4.77. The lowest BCUT2D eigenvalue weighted by molar-refractivity contribution is 0.102. The van der Waals surface area contributed by atoms with Gasteiger partial charge >= 0.3 is 0 Å². The van der Waals surface area contributed by atoms with E-state index in [-0.39, 0.29) is 21.2 Å². The van der Waals surface area contributed by atoms with Crippen LogP contribution in [-0.4, -0.2) is 40.7 Å². The maximum Gasteiger partial charge on any atom is 0.296 e. The smallest absolute Gasteiger partial charge is 0.296 e. The molecule has 0 saturated heterocycles. The number of benzene rings is 2. The molecule has 0 unspecified atom stereocenters. The predicted octanol–water partition coefficient (Wildman–Crippen LogP) is 4.73. The molecule has 13 heteroatoms. The first-order valence-electron chi connectivity index (χ1n) is 11.9. The van der Waals surface area contributed by atoms with Crippen LogP contribution >= 0.6 is 22.9 Å². The predicted molar refractivity (Wildman–Crippen MR) is 156 cm³/mol. The van der Waals surface area contributed by atoms with E-state index in [0.29, 0.717) is 27.9 Å². The molecule has 0 aliphatic heterocycles. The summed E-state index contributed by atoms with van der Waals surface area (Å²) in [6, 6.07) is 18.1. The zero-order chi connectivity index (χ0) is 28.6. The average Bonchev–Trinajstić information content (AvgIpc) is 3.50. The average molecular weight is 595 g/mol. The Morgan fingerprint density at radius 2 is 1.77 bits per heavy atom. The van der Waals surface area contributed by atoms with Crippen LogP contribution in [0, 0.1) is 6.92 Å². The zero-order valence-electron chi connectivity index (χ0n) is 21.6. The Hall–Kier alpha value is -4.26. The van der Waals surface area contributed by atoms with E-state index < -0.39 is 21.5 Å². The molecule has 40 heavy (non-hydrogen) atoms. The molecule has 1 N–H and O–H groups in total. The first-order valence-corrected chi connectivity index (χ1v) is 14.6. The topological polar surface area (TPSA) is 119 Å². The van der Waals surface area contributed by atoms with E-state index in [2.05, 4.69) is 15.3 Å². The highest BCUT2D eigenvalue weighted by Gasteiger charge is 2.30. The number of hydrogen-bond donors (Lipinski definition) is 1. The summed E-state index contributed by atoms with van der Waals surface area (Å²) in [4.78, 5) is 34.9. The third kappa shape index (κ3) is 4.92. The van der Waals surface area contributed by atoms with Gasteiger partial charge in [-0.2, -0.15) is 0 Å². The molecule has 1 amide bonds. The molecule has 3 heterocycles. The third-order valence-electron chi connectivity index (χ3n) is 6.33. The van der Waals surface area contributed by atoms with Crippen LogP contribution < -0.4 is 15.2 Å². The molecule has 0 spiro atoms. The van der Waals surface area contributed by atoms with Crippen LogP contribution in [0.2, 0.25) is 5.02 Å². The van der Waals surface area contributed by atoms with Crippen LogP contribution in [0.15, 0.2) is 88.0 Å². The highest BCUT2D eigenvalue weighted by atomic mass is 35.5. The van der Waals surface area contributed by atoms with Crippen molar-refractivity contribution in [2.45, 2.75) is 11.8 Å². The molecule has 0 atom stereocenters. The lowest BCUT2D eigenvalue weighted by Crippen LogP contribution is -2.32. The van der Waals surface area contributed by atoms with Gasteiger partial charge in [0.15, 0.2) is 5.13 Å². The lowest BCUT2D eigenvalue weighted by atomic mass is 10.2. The molecule has 5 rings (SSSR count). The number of carbonyl (C=O) groups is 1. The monoisotopic (exact) mass is 594 g/mol. The fourth-order valence-corrected chi connectivity index (χ4v) is 6.34. The summed E-state index contributed by atoms with van der Waals surface area (Å²) in [5.74, 6) is -0.631. The number of rotatable bonds is 7. The van der Waals surface area contributed by atoms with E-state index in [4.69, 9.17) is 11.6 Å². The largest absolute Gasteiger partial charge is 0.298 e. The molecule has 0 aliphatic rings. The number of aromatic nitrogens is 4. The highest BCUT2D eigenvalue weighted by Crippen LogP contribution is 2.28. The van der Waals surface area contributed by atoms with Gasteiger partial charge in [-0.25, -0.2) is 18.1 Å². The van der Waals surface area contributed by atoms with Gasteiger partial charge in [0.1, 0.15) is 11.4 Å². The van der Waals surface area contributed by atoms with E-state index in [0.717, 1.165) is 4.31 Å². The molecular formula is C27H23ClN6O4S2. The summed E-state index contributed by atoms with van der Waals surface area (Å²) in [6.07, 6.45) is 1.64. The molecule has 0 radical (unpaired) electrons. The van der Waals surface area contributed by atoms with Crippen molar-refractivity contribution < 1.29 is 13.2 Å². The van der Waals surface area contributed by atoms with Crippen LogP contribution in [0.25, 0.3) is 17.1 Å². The molecule has 2 aromatic carbocycles. The number of anilines is 2. The minimum atomic E-state index is -4.25. The van der Waals surface area contributed by atoms with E-state index in [9.17, 15) is 18.0 Å². The van der Waals surface area contributed by atoms with Crippen LogP contribution in [0.1, 0.15) is 16.1 Å². The lowest BCUT2D eigenvalue weighted by Gasteiger charge is -2.19. The second-order valence-electron chi connectivity index (χ2n) is 8.73. The van der Waals surface area contributed by atoms with Crippen molar-refractivity contribution in [3.8, 4) is 17.1 Å². The van der Waals surface area contributed by atoms with Gasteiger partial charge in [-0.15, -0.1) is 11.3 Å². The molecule has 0 aliphatic carbocycles. The fourth-order valence-electron chi connectivity index (χ4n) is 4.16. The van der Waals surface area contributed by atoms with Crippen molar-refractivity contribution in [2.24, 2.45) is 7.05 Å². The van der Waals surface area contributed by atoms with E-state index >= 15 is 0 Å². The SMILES string of the molecule is Cc1c(N(C)S(=O)(=O)c2ccc(Cl)c(C(=O)Nc3nc(-c4ccccn4)cs3)c2)c(=O)n(-c2ccccc2)n1C. The van der Waals surface area contributed by atoms with Gasteiger partial charge in [0, 0.05) is 25.7 Å². The zero-order valence-corrected chi connectivity index (χ0v) is 24.0. The number of amides is 1. The second kappa shape index (κ2) is 10.7. The molecule has 5 aromatic rings. The van der Waals surface area contributed by atoms with Gasteiger partial charge in [-0.05, 0) is 49.4 Å². The van der Waals surface area contributed by atoms with Crippen molar-refractivity contribution in [2.75, 3.05) is 16.7 Å². The van der Waals surface area contributed by atoms with Gasteiger partial charge in [0.25, 0.3) is 21.5 Å². The van der Waals surface area contributed by atoms with Gasteiger partial charge in [-0.3, -0.25) is 28.9 Å². The second-order valence-corrected chi connectivity index (χ2v) is 12.0. The van der Waals surface area contributed by atoms with Gasteiger partial charge in [0.05, 0.1) is 32.6 Å². The summed E-state index contributed by atoms with van der Waals surface area (Å²) < 4.78 is 31.3. The van der Waals surface area contributed by atoms with Crippen LogP contribution in [0.5, 0.6) is 0 Å². The van der Waals surface area contributed by atoms with Crippen molar-refractivity contribution in [1.29, 1.82) is 0 Å². The first-order chi connectivity index (χ1) is 19.1. The minimum Gasteiger partial charge on any atom is -0.298 e. The fraction of sp³-hybridized carbons (Fsp3) is 0.111. The maximum absolute atomic E-state index is 13.7. The molecule has 10 nitrogen and oxygen atoms in total. The number of nitrogens with zero attached hydrogens (tertiary/aromatic N) is 5. The van der Waals surface area contributed by atoms with E-state index in [1.54, 1.807) is 66.6 Å². The summed E-state index contributed by atoms with van der Waals surface area (Å²) in [7, 11) is -1.27. The quantitative estimate of drug-likeness (QED) is 0.291. The summed E-state index contributed by atoms with van der Waals surface area (Å²) >= 11 is 7.49. The van der Waals surface area contributed by atoms with Crippen molar-refractivity contribution >= 4 is 49.7 Å². The summed E-state index contributed by atoms with van der Waals surface area (Å²) in [6.45, 7) is 1.66. The number of hydrogen-bond acceptors (Lipinski definition) is 7. The Kier molecular flexibility index (Phi) is 7.32. The number of nitrogens with one attached hydrogen (secondary N) is 1. The molecule has 204 valence electrons. The Morgan fingerprint density at radius 3 is 2.48 bits per heavy atom. The standard InChI is InChI=1S/C27H23ClN6O4S2/c1-17-24(26(36)34(32(17)2)18-9-5-4-6-10-18)33(3)40(37,38)19-12-13-21(28)20(15-19)25(35)31-27-30-23(16-39-27)22-11-7-8-14-29-22/h4-16H,1-3H3,(H,30,31,35). The Bertz CT molecular complexity index is 1880. The Labute approximate surface area is 239 Å². The number of thiazole rings is 1. The number of sulfonamides is 1.